The zero-order chi connectivity index (χ0) is 32.0. The van der Waals surface area contributed by atoms with E-state index in [1.54, 1.807) is 18.2 Å². The third-order valence-electron chi connectivity index (χ3n) is 8.13. The van der Waals surface area contributed by atoms with E-state index >= 15 is 0 Å². The maximum Gasteiger partial charge on any atom is 0.259 e. The van der Waals surface area contributed by atoms with Crippen LogP contribution in [0.2, 0.25) is 0 Å². The second-order valence-electron chi connectivity index (χ2n) is 10.9. The van der Waals surface area contributed by atoms with Gasteiger partial charge in [0.25, 0.3) is 5.91 Å². The molecule has 1 aliphatic heterocycles. The number of allylic oxidation sites excluding steroid dienone is 3. The Balaban J connectivity index is 1.31. The summed E-state index contributed by atoms with van der Waals surface area (Å²) in [6, 6.07) is 18.5. The lowest BCUT2D eigenvalue weighted by molar-refractivity contribution is -0.123. The second kappa shape index (κ2) is 11.1. The number of carbonyl (C=O) groups excluding carboxylic acids is 3. The van der Waals surface area contributed by atoms with Gasteiger partial charge in [-0.05, 0) is 48.6 Å². The molecule has 45 heavy (non-hydrogen) atoms. The van der Waals surface area contributed by atoms with E-state index in [-0.39, 0.29) is 53.1 Å². The molecule has 1 heterocycles. The number of methoxy groups -OCH3 is 1. The molecule has 6 rings (SSSR count). The van der Waals surface area contributed by atoms with E-state index in [0.29, 0.717) is 11.3 Å². The van der Waals surface area contributed by atoms with Crippen LogP contribution in [0.4, 0.5) is 4.39 Å². The molecule has 1 amide bonds. The predicted octanol–water partition coefficient (Wildman–Crippen LogP) is 5.72. The van der Waals surface area contributed by atoms with E-state index in [4.69, 9.17) is 14.2 Å². The van der Waals surface area contributed by atoms with Gasteiger partial charge in [-0.3, -0.25) is 14.4 Å². The summed E-state index contributed by atoms with van der Waals surface area (Å²) in [6.07, 6.45) is 1.15. The molecule has 1 atom stereocenters. The molecule has 0 saturated heterocycles. The van der Waals surface area contributed by atoms with E-state index < -0.39 is 34.2 Å². The van der Waals surface area contributed by atoms with Crippen LogP contribution in [0, 0.1) is 5.82 Å². The molecule has 0 spiro atoms. The molecule has 2 aliphatic rings. The van der Waals surface area contributed by atoms with Gasteiger partial charge in [-0.1, -0.05) is 42.5 Å². The zero-order valence-corrected chi connectivity index (χ0v) is 24.6. The Hall–Kier alpha value is -5.64. The molecule has 4 aromatic rings. The van der Waals surface area contributed by atoms with E-state index in [9.17, 15) is 29.0 Å². The Morgan fingerprint density at radius 2 is 1.76 bits per heavy atom. The Bertz CT molecular complexity index is 2000. The van der Waals surface area contributed by atoms with Gasteiger partial charge in [0.05, 0.1) is 12.7 Å². The molecule has 9 nitrogen and oxygen atoms in total. The molecule has 0 bridgehead atoms. The highest BCUT2D eigenvalue weighted by Gasteiger charge is 2.55. The molecule has 228 valence electrons. The first kappa shape index (κ1) is 29.4. The number of hydrogen-bond acceptors (Lipinski definition) is 8. The third kappa shape index (κ3) is 4.84. The number of halogens is 1. The zero-order valence-electron chi connectivity index (χ0n) is 24.6. The Morgan fingerprint density at radius 1 is 1.00 bits per heavy atom. The lowest BCUT2D eigenvalue weighted by atomic mass is 9.71. The molecular weight excluding hydrogens is 581 g/mol. The third-order valence-corrected chi connectivity index (χ3v) is 8.13. The van der Waals surface area contributed by atoms with Crippen LogP contribution in [-0.2, 0) is 28.2 Å². The number of aliphatic hydroxyl groups excluding tert-OH is 1. The lowest BCUT2D eigenvalue weighted by Crippen LogP contribution is -2.38. The molecular formula is C35H28FNO8. The number of phenols is 1. The summed E-state index contributed by atoms with van der Waals surface area (Å²) in [4.78, 5) is 39.5. The summed E-state index contributed by atoms with van der Waals surface area (Å²) in [5, 5.41) is 25.9. The smallest absolute Gasteiger partial charge is 0.259 e. The van der Waals surface area contributed by atoms with E-state index in [1.165, 1.54) is 32.2 Å². The quantitative estimate of drug-likeness (QED) is 0.216. The van der Waals surface area contributed by atoms with Crippen LogP contribution in [0.1, 0.15) is 40.9 Å². The van der Waals surface area contributed by atoms with E-state index in [0.717, 1.165) is 29.3 Å². The molecule has 0 fully saturated rings. The van der Waals surface area contributed by atoms with Gasteiger partial charge in [0.15, 0.2) is 17.3 Å². The number of aromatic hydroxyl groups is 1. The molecule has 0 saturated carbocycles. The summed E-state index contributed by atoms with van der Waals surface area (Å²) < 4.78 is 31.0. The van der Waals surface area contributed by atoms with Gasteiger partial charge in [-0.25, -0.2) is 4.39 Å². The van der Waals surface area contributed by atoms with Crippen LogP contribution >= 0.6 is 0 Å². The van der Waals surface area contributed by atoms with Crippen molar-refractivity contribution in [3.8, 4) is 23.0 Å². The molecule has 3 N–H and O–H groups in total. The number of Topliss-reactive ketones (excluding diaryl/α,β-unsaturated/α-hetero) is 2. The van der Waals surface area contributed by atoms with Crippen LogP contribution in [0.3, 0.4) is 0 Å². The number of ether oxygens (including phenoxy) is 3. The topological polar surface area (TPSA) is 131 Å². The number of aliphatic hydroxyl groups is 1. The van der Waals surface area contributed by atoms with Gasteiger partial charge in [0, 0.05) is 24.1 Å². The first-order valence-corrected chi connectivity index (χ1v) is 14.0. The summed E-state index contributed by atoms with van der Waals surface area (Å²) >= 11 is 0. The summed E-state index contributed by atoms with van der Waals surface area (Å²) in [5.41, 5.74) is -0.715. The SMILES string of the molecule is COc1cc(O)c2c(c1C(=O)NCc1ccc(OCc3cccc(F)c3)c3ccccc13)OC1=CC(O)=C(C(C)=O)C(=O)[C@]12C. The van der Waals surface area contributed by atoms with Crippen molar-refractivity contribution >= 4 is 28.2 Å². The van der Waals surface area contributed by atoms with Crippen molar-refractivity contribution in [3.05, 3.63) is 118 Å². The molecule has 0 unspecified atom stereocenters. The number of ketones is 2. The van der Waals surface area contributed by atoms with Crippen LogP contribution in [0.5, 0.6) is 23.0 Å². The van der Waals surface area contributed by atoms with Crippen molar-refractivity contribution in [2.45, 2.75) is 32.4 Å². The Kier molecular flexibility index (Phi) is 7.28. The minimum Gasteiger partial charge on any atom is -0.507 e. The summed E-state index contributed by atoms with van der Waals surface area (Å²) in [5.74, 6) is -2.87. The first-order valence-electron chi connectivity index (χ1n) is 14.0. The normalized spacial score (nSPS) is 16.9. The maximum absolute atomic E-state index is 13.8. The highest BCUT2D eigenvalue weighted by molar-refractivity contribution is 6.25. The monoisotopic (exact) mass is 609 g/mol. The number of phenolic OH excluding ortho intramolecular Hbond substituents is 1. The highest BCUT2D eigenvalue weighted by atomic mass is 19.1. The van der Waals surface area contributed by atoms with Gasteiger partial charge in [0.2, 0.25) is 0 Å². The largest absolute Gasteiger partial charge is 0.507 e. The first-order chi connectivity index (χ1) is 21.5. The van der Waals surface area contributed by atoms with Crippen LogP contribution in [0.25, 0.3) is 10.8 Å². The van der Waals surface area contributed by atoms with E-state index in [2.05, 4.69) is 5.32 Å². The number of benzene rings is 4. The molecule has 10 heteroatoms. The lowest BCUT2D eigenvalue weighted by Gasteiger charge is -2.27. The molecule has 0 aromatic heterocycles. The Labute approximate surface area is 257 Å². The fourth-order valence-electron chi connectivity index (χ4n) is 5.89. The predicted molar refractivity (Wildman–Crippen MR) is 162 cm³/mol. The van der Waals surface area contributed by atoms with Crippen molar-refractivity contribution in [2.24, 2.45) is 0 Å². The fraction of sp³-hybridized carbons (Fsp3) is 0.171. The maximum atomic E-state index is 13.8. The van der Waals surface area contributed by atoms with Crippen molar-refractivity contribution in [1.29, 1.82) is 0 Å². The van der Waals surface area contributed by atoms with Crippen molar-refractivity contribution in [1.82, 2.24) is 5.32 Å². The van der Waals surface area contributed by atoms with E-state index in [1.807, 2.05) is 30.3 Å². The number of rotatable bonds is 8. The molecule has 0 radical (unpaired) electrons. The Morgan fingerprint density at radius 3 is 2.47 bits per heavy atom. The number of amides is 1. The summed E-state index contributed by atoms with van der Waals surface area (Å²) in [6.45, 7) is 2.86. The van der Waals surface area contributed by atoms with Gasteiger partial charge in [-0.15, -0.1) is 0 Å². The number of carbonyl (C=O) groups is 3. The van der Waals surface area contributed by atoms with Crippen LogP contribution < -0.4 is 19.5 Å². The fourth-order valence-corrected chi connectivity index (χ4v) is 5.89. The standard InChI is InChI=1S/C35H28FNO8/c1-18(38)29-24(39)15-28-35(2,33(29)41)31-25(40)14-27(43-3)30(32(31)45-28)34(42)37-16-20-11-12-26(23-10-5-4-9-22(20)23)44-17-19-7-6-8-21(36)13-19/h4-15,39-40H,16-17H2,1-3H3,(H,37,42)/t35-/m1/s1. The number of nitrogens with one attached hydrogen (secondary N) is 1. The number of fused-ring (bicyclic) bond motifs is 4. The van der Waals surface area contributed by atoms with Crippen molar-refractivity contribution in [3.63, 3.8) is 0 Å². The van der Waals surface area contributed by atoms with Crippen molar-refractivity contribution < 1.29 is 43.2 Å². The second-order valence-corrected chi connectivity index (χ2v) is 10.9. The van der Waals surface area contributed by atoms with Crippen LogP contribution in [-0.4, -0.2) is 34.8 Å². The minimum atomic E-state index is -1.66. The number of hydrogen-bond donors (Lipinski definition) is 3. The molecule has 1 aliphatic carbocycles. The average Bonchev–Trinajstić information content (AvgIpc) is 3.32. The van der Waals surface area contributed by atoms with Gasteiger partial charge in [0.1, 0.15) is 57.7 Å². The van der Waals surface area contributed by atoms with Crippen molar-refractivity contribution in [2.75, 3.05) is 7.11 Å². The molecule has 4 aromatic carbocycles. The van der Waals surface area contributed by atoms with Gasteiger partial charge in [-0.2, -0.15) is 0 Å². The summed E-state index contributed by atoms with van der Waals surface area (Å²) in [7, 11) is 1.32. The van der Waals surface area contributed by atoms with Gasteiger partial charge < -0.3 is 29.7 Å². The highest BCUT2D eigenvalue weighted by Crippen LogP contribution is 2.56. The van der Waals surface area contributed by atoms with Crippen LogP contribution in [0.15, 0.2) is 89.9 Å². The average molecular weight is 610 g/mol. The van der Waals surface area contributed by atoms with Gasteiger partial charge >= 0.3 is 0 Å². The minimum absolute atomic E-state index is 0.00558.